The van der Waals surface area contributed by atoms with Gasteiger partial charge in [-0.05, 0) is 52.2 Å². The van der Waals surface area contributed by atoms with Crippen molar-refractivity contribution in [2.75, 3.05) is 92.6 Å². The van der Waals surface area contributed by atoms with Crippen LogP contribution in [0.3, 0.4) is 0 Å². The maximum atomic E-state index is 12.7. The molecule has 0 saturated carbocycles. The molecule has 224 valence electrons. The lowest BCUT2D eigenvalue weighted by Gasteiger charge is -2.32. The third-order valence-corrected chi connectivity index (χ3v) is 10.2. The minimum atomic E-state index is -3.53. The van der Waals surface area contributed by atoms with Crippen LogP contribution in [0.5, 0.6) is 0 Å². The zero-order chi connectivity index (χ0) is 29.2. The number of nitrogens with one attached hydrogen (secondary N) is 2. The van der Waals surface area contributed by atoms with Crippen LogP contribution in [0.1, 0.15) is 11.1 Å². The van der Waals surface area contributed by atoms with Gasteiger partial charge in [-0.1, -0.05) is 35.4 Å². The first-order chi connectivity index (χ1) is 18.9. The van der Waals surface area contributed by atoms with E-state index in [1.807, 2.05) is 38.1 Å². The first-order valence-electron chi connectivity index (χ1n) is 13.9. The monoisotopic (exact) mass is 594 g/mol. The Kier molecular flexibility index (Phi) is 12.5. The van der Waals surface area contributed by atoms with Crippen LogP contribution in [0.25, 0.3) is 0 Å². The van der Waals surface area contributed by atoms with E-state index in [-0.39, 0.29) is 0 Å². The Morgan fingerprint density at radius 2 is 0.850 bits per heavy atom. The van der Waals surface area contributed by atoms with Crippen LogP contribution < -0.4 is 9.44 Å². The Bertz CT molecular complexity index is 1140. The molecule has 1 saturated heterocycles. The highest BCUT2D eigenvalue weighted by Crippen LogP contribution is 2.11. The number of benzene rings is 2. The lowest BCUT2D eigenvalue weighted by atomic mass is 10.2. The topological polar surface area (TPSA) is 105 Å². The number of hydrogen-bond acceptors (Lipinski definition) is 8. The number of aryl methyl sites for hydroxylation is 2. The Balaban J connectivity index is 1.47. The quantitative estimate of drug-likeness (QED) is 0.421. The molecule has 0 unspecified atom stereocenters. The first kappa shape index (κ1) is 32.6. The summed E-state index contributed by atoms with van der Waals surface area (Å²) >= 11 is 0. The maximum Gasteiger partial charge on any atom is 0.240 e. The van der Waals surface area contributed by atoms with Crippen molar-refractivity contribution in [2.45, 2.75) is 23.6 Å². The maximum absolute atomic E-state index is 12.7. The number of rotatable bonds is 10. The summed E-state index contributed by atoms with van der Waals surface area (Å²) in [4.78, 5) is 9.75. The van der Waals surface area contributed by atoms with Crippen molar-refractivity contribution < 1.29 is 16.8 Å². The van der Waals surface area contributed by atoms with Crippen molar-refractivity contribution in [3.05, 3.63) is 59.7 Å². The molecule has 2 aromatic carbocycles. The van der Waals surface area contributed by atoms with Crippen molar-refractivity contribution in [1.82, 2.24) is 29.0 Å². The van der Waals surface area contributed by atoms with Gasteiger partial charge in [0.25, 0.3) is 0 Å². The van der Waals surface area contributed by atoms with Gasteiger partial charge in [-0.2, -0.15) is 0 Å². The molecule has 2 N–H and O–H groups in total. The van der Waals surface area contributed by atoms with Crippen molar-refractivity contribution >= 4 is 20.0 Å². The van der Waals surface area contributed by atoms with E-state index in [1.54, 1.807) is 24.3 Å². The zero-order valence-corrected chi connectivity index (χ0v) is 26.0. The molecule has 1 aliphatic heterocycles. The lowest BCUT2D eigenvalue weighted by Crippen LogP contribution is -2.46. The van der Waals surface area contributed by atoms with Gasteiger partial charge in [0.05, 0.1) is 9.79 Å². The van der Waals surface area contributed by atoms with Gasteiger partial charge in [0, 0.05) is 78.5 Å². The van der Waals surface area contributed by atoms with Crippen LogP contribution in [-0.4, -0.2) is 129 Å². The average Bonchev–Trinajstić information content (AvgIpc) is 2.90. The first-order valence-corrected chi connectivity index (χ1v) is 16.9. The molecule has 0 aromatic heterocycles. The minimum absolute atomic E-state index is 0.291. The lowest BCUT2D eigenvalue weighted by molar-refractivity contribution is 0.156. The molecule has 2 aromatic rings. The highest BCUT2D eigenvalue weighted by atomic mass is 32.2. The summed E-state index contributed by atoms with van der Waals surface area (Å²) in [5.74, 6) is 0. The number of hydrogen-bond donors (Lipinski definition) is 2. The van der Waals surface area contributed by atoms with Crippen LogP contribution in [0.4, 0.5) is 0 Å². The smallest absolute Gasteiger partial charge is 0.240 e. The number of sulfonamides is 2. The second kappa shape index (κ2) is 15.4. The van der Waals surface area contributed by atoms with E-state index in [0.717, 1.165) is 63.5 Å². The molecule has 10 nitrogen and oxygen atoms in total. The van der Waals surface area contributed by atoms with Gasteiger partial charge < -0.3 is 9.80 Å². The third-order valence-electron chi connectivity index (χ3n) is 7.29. The van der Waals surface area contributed by atoms with Crippen LogP contribution in [0.15, 0.2) is 58.3 Å². The van der Waals surface area contributed by atoms with E-state index in [4.69, 9.17) is 0 Å². The summed E-state index contributed by atoms with van der Waals surface area (Å²) in [6.07, 6.45) is 0. The van der Waals surface area contributed by atoms with Gasteiger partial charge >= 0.3 is 0 Å². The molecule has 0 radical (unpaired) electrons. The van der Waals surface area contributed by atoms with Crippen LogP contribution in [0, 0.1) is 13.8 Å². The van der Waals surface area contributed by atoms with Crippen LogP contribution >= 0.6 is 0 Å². The summed E-state index contributed by atoms with van der Waals surface area (Å²) in [6, 6.07) is 13.8. The molecule has 1 heterocycles. The second-order valence-corrected chi connectivity index (χ2v) is 14.2. The molecule has 1 aliphatic rings. The second-order valence-electron chi connectivity index (χ2n) is 10.7. The van der Waals surface area contributed by atoms with Gasteiger partial charge in [0.2, 0.25) is 20.0 Å². The molecular weight excluding hydrogens is 548 g/mol. The summed E-state index contributed by atoms with van der Waals surface area (Å²) in [6.45, 7) is 12.7. The molecule has 0 amide bonds. The van der Waals surface area contributed by atoms with Crippen molar-refractivity contribution in [3.63, 3.8) is 0 Å². The van der Waals surface area contributed by atoms with Gasteiger partial charge in [-0.15, -0.1) is 0 Å². The summed E-state index contributed by atoms with van der Waals surface area (Å²) in [7, 11) is -2.87. The standard InChI is InChI=1S/C28H46N6O4S2/c1-25-5-9-27(10-6-25)39(35,36)29-13-15-33-21-17-31(3)19-23-34(24-20-32(4)18-22-33)16-14-30-40(37,38)28-11-7-26(2)8-12-28/h5-12,29-30H,13-24H2,1-4H3. The van der Waals surface area contributed by atoms with Crippen molar-refractivity contribution in [3.8, 4) is 0 Å². The van der Waals surface area contributed by atoms with Gasteiger partial charge in [0.1, 0.15) is 0 Å². The molecular formula is C28H46N6O4S2. The average molecular weight is 595 g/mol. The molecule has 0 spiro atoms. The summed E-state index contributed by atoms with van der Waals surface area (Å²) in [5, 5.41) is 0. The van der Waals surface area contributed by atoms with Crippen LogP contribution in [0.2, 0.25) is 0 Å². The molecule has 1 fully saturated rings. The van der Waals surface area contributed by atoms with E-state index in [1.165, 1.54) is 0 Å². The molecule has 0 aliphatic carbocycles. The van der Waals surface area contributed by atoms with E-state index in [9.17, 15) is 16.8 Å². The third kappa shape index (κ3) is 10.8. The molecule has 0 atom stereocenters. The van der Waals surface area contributed by atoms with Crippen LogP contribution in [-0.2, 0) is 20.0 Å². The predicted octanol–water partition coefficient (Wildman–Crippen LogP) is 1.04. The largest absolute Gasteiger partial charge is 0.304 e. The van der Waals surface area contributed by atoms with Gasteiger partial charge in [-0.3, -0.25) is 9.80 Å². The Morgan fingerprint density at radius 1 is 0.550 bits per heavy atom. The van der Waals surface area contributed by atoms with E-state index in [0.29, 0.717) is 36.0 Å². The molecule has 0 bridgehead atoms. The highest BCUT2D eigenvalue weighted by Gasteiger charge is 2.17. The summed E-state index contributed by atoms with van der Waals surface area (Å²) < 4.78 is 56.1. The predicted molar refractivity (Wildman–Crippen MR) is 161 cm³/mol. The van der Waals surface area contributed by atoms with E-state index < -0.39 is 20.0 Å². The normalized spacial score (nSPS) is 18.3. The fraction of sp³-hybridized carbons (Fsp3) is 0.571. The SMILES string of the molecule is Cc1ccc(S(=O)(=O)NCCN2CCN(C)CCN(CCNS(=O)(=O)c3ccc(C)cc3)CCN(C)CC2)cc1. The zero-order valence-electron chi connectivity index (χ0n) is 24.3. The van der Waals surface area contributed by atoms with Gasteiger partial charge in [-0.25, -0.2) is 26.3 Å². The molecule has 3 rings (SSSR count). The fourth-order valence-corrected chi connectivity index (χ4v) is 6.46. The van der Waals surface area contributed by atoms with E-state index >= 15 is 0 Å². The Morgan fingerprint density at radius 3 is 1.15 bits per heavy atom. The van der Waals surface area contributed by atoms with E-state index in [2.05, 4.69) is 43.1 Å². The molecule has 12 heteroatoms. The van der Waals surface area contributed by atoms with Crippen molar-refractivity contribution in [2.24, 2.45) is 0 Å². The van der Waals surface area contributed by atoms with Crippen molar-refractivity contribution in [1.29, 1.82) is 0 Å². The minimum Gasteiger partial charge on any atom is -0.304 e. The number of likely N-dealkylation sites (N-methyl/N-ethyl adjacent to an activating group) is 2. The molecule has 40 heavy (non-hydrogen) atoms. The Labute approximate surface area is 241 Å². The summed E-state index contributed by atoms with van der Waals surface area (Å²) in [5.41, 5.74) is 2.05. The fourth-order valence-electron chi connectivity index (χ4n) is 4.42. The highest BCUT2D eigenvalue weighted by molar-refractivity contribution is 7.89. The number of nitrogens with zero attached hydrogens (tertiary/aromatic N) is 4. The van der Waals surface area contributed by atoms with Gasteiger partial charge in [0.15, 0.2) is 0 Å². The Hall–Kier alpha value is -1.90.